The van der Waals surface area contributed by atoms with E-state index in [1.54, 1.807) is 26.0 Å². The van der Waals surface area contributed by atoms with E-state index in [-0.39, 0.29) is 44.9 Å². The Morgan fingerprint density at radius 1 is 1.04 bits per heavy atom. The summed E-state index contributed by atoms with van der Waals surface area (Å²) in [5, 5.41) is 26.8. The molecule has 14 nitrogen and oxygen atoms in total. The number of likely N-dealkylation sites (tertiary alicyclic amines) is 1. The highest BCUT2D eigenvalue weighted by Gasteiger charge is 2.49. The van der Waals surface area contributed by atoms with E-state index in [2.05, 4.69) is 20.9 Å². The van der Waals surface area contributed by atoms with Gasteiger partial charge in [-0.2, -0.15) is 0 Å². The maximum atomic E-state index is 14.8. The first kappa shape index (κ1) is 36.1. The van der Waals surface area contributed by atoms with Crippen molar-refractivity contribution in [3.63, 3.8) is 0 Å². The highest BCUT2D eigenvalue weighted by molar-refractivity contribution is 6.39. The number of aliphatic hydroxyl groups is 1. The van der Waals surface area contributed by atoms with Crippen LogP contribution in [0.1, 0.15) is 93.7 Å². The maximum absolute atomic E-state index is 14.8. The predicted molar refractivity (Wildman–Crippen MR) is 186 cm³/mol. The average molecular weight is 702 g/mol. The molecule has 3 fully saturated rings. The molecule has 1 aliphatic carbocycles. The minimum absolute atomic E-state index is 0.0241. The third kappa shape index (κ3) is 7.81. The van der Waals surface area contributed by atoms with Gasteiger partial charge in [0.2, 0.25) is 17.6 Å². The highest BCUT2D eigenvalue weighted by atomic mass is 16.5. The number of rotatable bonds is 11. The summed E-state index contributed by atoms with van der Waals surface area (Å²) < 4.78 is 6.95. The zero-order valence-electron chi connectivity index (χ0n) is 29.2. The van der Waals surface area contributed by atoms with Gasteiger partial charge < -0.3 is 31.1 Å². The van der Waals surface area contributed by atoms with Gasteiger partial charge in [-0.15, -0.1) is 5.10 Å². The molecular formula is C37H47N7O7. The van der Waals surface area contributed by atoms with Crippen LogP contribution in [-0.4, -0.2) is 91.8 Å². The van der Waals surface area contributed by atoms with Gasteiger partial charge >= 0.3 is 0 Å². The Kier molecular flexibility index (Phi) is 10.5. The van der Waals surface area contributed by atoms with Gasteiger partial charge in [-0.05, 0) is 49.1 Å². The molecule has 6 rings (SSSR count). The minimum atomic E-state index is -1.58. The van der Waals surface area contributed by atoms with E-state index in [9.17, 15) is 29.1 Å². The van der Waals surface area contributed by atoms with E-state index in [1.807, 2.05) is 30.3 Å². The summed E-state index contributed by atoms with van der Waals surface area (Å²) >= 11 is 0. The van der Waals surface area contributed by atoms with Crippen molar-refractivity contribution in [3.8, 4) is 0 Å². The summed E-state index contributed by atoms with van der Waals surface area (Å²) in [6.07, 6.45) is 7.05. The fourth-order valence-corrected chi connectivity index (χ4v) is 7.87. The van der Waals surface area contributed by atoms with E-state index < -0.39 is 58.7 Å². The molecular weight excluding hydrogens is 654 g/mol. The van der Waals surface area contributed by atoms with Crippen LogP contribution in [0.25, 0.3) is 10.8 Å². The number of benzene rings is 2. The van der Waals surface area contributed by atoms with Crippen molar-refractivity contribution in [2.75, 3.05) is 19.8 Å². The van der Waals surface area contributed by atoms with Gasteiger partial charge in [-0.3, -0.25) is 24.0 Å². The molecule has 0 radical (unpaired) electrons. The number of aromatic nitrogens is 3. The first-order valence-electron chi connectivity index (χ1n) is 17.8. The van der Waals surface area contributed by atoms with Crippen LogP contribution < -0.4 is 16.4 Å². The van der Waals surface area contributed by atoms with E-state index >= 15 is 0 Å². The van der Waals surface area contributed by atoms with Crippen LogP contribution in [0, 0.1) is 5.92 Å². The number of Topliss-reactive ketones (excluding diaryl/α,β-unsaturated/α-hetero) is 1. The number of ketones is 1. The summed E-state index contributed by atoms with van der Waals surface area (Å²) in [6, 6.07) is 10.5. The van der Waals surface area contributed by atoms with Crippen LogP contribution in [0.5, 0.6) is 0 Å². The number of carbonyl (C=O) groups is 5. The molecule has 272 valence electrons. The lowest BCUT2D eigenvalue weighted by atomic mass is 9.84. The van der Waals surface area contributed by atoms with Gasteiger partial charge in [0.05, 0.1) is 17.9 Å². The monoisotopic (exact) mass is 701 g/mol. The fourth-order valence-electron chi connectivity index (χ4n) is 7.87. The molecule has 2 aliphatic heterocycles. The summed E-state index contributed by atoms with van der Waals surface area (Å²) in [6.45, 7) is 3.48. The number of nitrogens with zero attached hydrogens (tertiary/aromatic N) is 4. The summed E-state index contributed by atoms with van der Waals surface area (Å²) in [4.78, 5) is 69.6. The molecule has 3 atom stereocenters. The Balaban J connectivity index is 1.33. The van der Waals surface area contributed by atoms with Crippen molar-refractivity contribution < 1.29 is 33.8 Å². The van der Waals surface area contributed by atoms with Gasteiger partial charge in [-0.1, -0.05) is 67.6 Å². The number of fused-ring (bicyclic) bond motifs is 1. The molecule has 2 aromatic carbocycles. The topological polar surface area (TPSA) is 199 Å². The zero-order valence-corrected chi connectivity index (χ0v) is 29.2. The Bertz CT molecular complexity index is 1790. The summed E-state index contributed by atoms with van der Waals surface area (Å²) in [5.74, 6) is -3.37. The number of nitrogens with two attached hydrogens (primary N) is 1. The zero-order chi connectivity index (χ0) is 36.3. The first-order chi connectivity index (χ1) is 24.4. The predicted octanol–water partition coefficient (Wildman–Crippen LogP) is 2.29. The number of ether oxygens (including phenoxy) is 1. The SMILES string of the molecule is CC(C)(O)c1cnnn1[C@H]1C[C@@H](C(=O)NC2(C(=O)C(N)=O)CCOCC2)N(C(=O)C(CC2CCCCC2)NC(=O)c2ccc3ccccc3c2)C1. The Hall–Kier alpha value is -4.69. The number of amides is 4. The van der Waals surface area contributed by atoms with E-state index in [0.717, 1.165) is 42.9 Å². The van der Waals surface area contributed by atoms with Crippen molar-refractivity contribution in [2.45, 2.75) is 101 Å². The Morgan fingerprint density at radius 2 is 1.75 bits per heavy atom. The Labute approximate surface area is 296 Å². The van der Waals surface area contributed by atoms with Crippen molar-refractivity contribution in [2.24, 2.45) is 11.7 Å². The molecule has 4 amide bonds. The summed E-state index contributed by atoms with van der Waals surface area (Å²) in [5.41, 5.74) is 3.33. The van der Waals surface area contributed by atoms with Gasteiger partial charge in [0.25, 0.3) is 11.8 Å². The van der Waals surface area contributed by atoms with Gasteiger partial charge in [0.1, 0.15) is 23.2 Å². The van der Waals surface area contributed by atoms with Crippen LogP contribution in [0.2, 0.25) is 0 Å². The maximum Gasteiger partial charge on any atom is 0.287 e. The van der Waals surface area contributed by atoms with Crippen LogP contribution >= 0.6 is 0 Å². The van der Waals surface area contributed by atoms with Crippen LogP contribution in [0.15, 0.2) is 48.7 Å². The average Bonchev–Trinajstić information content (AvgIpc) is 3.80. The molecule has 3 aromatic rings. The van der Waals surface area contributed by atoms with Crippen LogP contribution in [0.4, 0.5) is 0 Å². The lowest BCUT2D eigenvalue weighted by Gasteiger charge is -2.37. The van der Waals surface area contributed by atoms with Gasteiger partial charge in [0.15, 0.2) is 0 Å². The molecule has 14 heteroatoms. The van der Waals surface area contributed by atoms with E-state index in [0.29, 0.717) is 17.7 Å². The fraction of sp³-hybridized carbons (Fsp3) is 0.541. The lowest BCUT2D eigenvalue weighted by Crippen LogP contribution is -2.64. The molecule has 1 saturated carbocycles. The third-order valence-electron chi connectivity index (χ3n) is 10.7. The largest absolute Gasteiger partial charge is 0.384 e. The second kappa shape index (κ2) is 14.9. The van der Waals surface area contributed by atoms with Crippen molar-refractivity contribution in [1.82, 2.24) is 30.5 Å². The van der Waals surface area contributed by atoms with E-state index in [1.165, 1.54) is 15.8 Å². The normalized spacial score (nSPS) is 21.6. The molecule has 2 saturated heterocycles. The molecule has 1 aromatic heterocycles. The molecule has 3 aliphatic rings. The van der Waals surface area contributed by atoms with E-state index in [4.69, 9.17) is 10.5 Å². The minimum Gasteiger partial charge on any atom is -0.384 e. The van der Waals surface area contributed by atoms with Crippen molar-refractivity contribution >= 4 is 40.2 Å². The quantitative estimate of drug-likeness (QED) is 0.217. The van der Waals surface area contributed by atoms with Gasteiger partial charge in [-0.25, -0.2) is 4.68 Å². The summed E-state index contributed by atoms with van der Waals surface area (Å²) in [7, 11) is 0. The first-order valence-corrected chi connectivity index (χ1v) is 17.8. The second-order valence-electron chi connectivity index (χ2n) is 14.7. The number of primary amides is 1. The van der Waals surface area contributed by atoms with Crippen molar-refractivity contribution in [1.29, 1.82) is 0 Å². The van der Waals surface area contributed by atoms with Gasteiger partial charge in [0, 0.05) is 44.6 Å². The number of nitrogens with one attached hydrogen (secondary N) is 2. The Morgan fingerprint density at radius 3 is 2.43 bits per heavy atom. The molecule has 1 unspecified atom stereocenters. The molecule has 0 spiro atoms. The number of hydrogen-bond donors (Lipinski definition) is 4. The molecule has 0 bridgehead atoms. The smallest absolute Gasteiger partial charge is 0.287 e. The molecule has 3 heterocycles. The molecule has 51 heavy (non-hydrogen) atoms. The second-order valence-corrected chi connectivity index (χ2v) is 14.7. The highest BCUT2D eigenvalue weighted by Crippen LogP contribution is 2.34. The molecule has 5 N–H and O–H groups in total. The third-order valence-corrected chi connectivity index (χ3v) is 10.7. The number of hydrogen-bond acceptors (Lipinski definition) is 9. The van der Waals surface area contributed by atoms with Crippen LogP contribution in [0.3, 0.4) is 0 Å². The standard InChI is InChI=1S/C37H47N7O7/c1-36(2,50)30-21-39-42-44(30)27-20-29(34(48)41-37(31(45)32(38)46)14-16-51-17-15-37)43(22-27)35(49)28(18-23-8-4-3-5-9-23)40-33(47)26-13-12-24-10-6-7-11-25(24)19-26/h6-7,10-13,19,21,23,27-29,50H,3-5,8-9,14-18,20,22H2,1-2H3,(H2,38,46)(H,40,47)(H,41,48)/t27-,28?,29-/m0/s1. The van der Waals surface area contributed by atoms with Crippen molar-refractivity contribution in [3.05, 3.63) is 59.9 Å². The lowest BCUT2D eigenvalue weighted by molar-refractivity contribution is -0.147. The number of carbonyl (C=O) groups excluding carboxylic acids is 5. The van der Waals surface area contributed by atoms with Crippen LogP contribution in [-0.2, 0) is 29.5 Å².